The number of thiophene rings is 2. The Morgan fingerprint density at radius 2 is 1.32 bits per heavy atom. The summed E-state index contributed by atoms with van der Waals surface area (Å²) in [5.74, 6) is 1.60. The summed E-state index contributed by atoms with van der Waals surface area (Å²) in [6.45, 7) is 4.56. The molecule has 1 aliphatic rings. The SMILES string of the molecule is CCCCCCCCCCc1csc(C2=NN=C(c3cc(CCCCCCCCCC)c(Br)s3)N(Br)N2)c1. The molecule has 0 bridgehead atoms. The highest BCUT2D eigenvalue weighted by molar-refractivity contribution is 9.11. The monoisotopic (exact) mass is 684 g/mol. The molecule has 0 saturated heterocycles. The van der Waals surface area contributed by atoms with Gasteiger partial charge in [0.05, 0.1) is 29.7 Å². The minimum atomic E-state index is 0.799. The van der Waals surface area contributed by atoms with Crippen LogP contribution in [0.15, 0.2) is 31.5 Å². The standard InChI is InChI=1S/C30H46Br2N4S2/c1-3-5-7-9-11-13-15-17-19-24-21-26(37-23-24)29-33-34-30(36(32)35-29)27-22-25(28(31)38-27)20-18-16-14-12-10-8-6-4-2/h21-23H,3-20H2,1-2H3,(H,33,35). The van der Waals surface area contributed by atoms with Crippen molar-refractivity contribution in [3.05, 3.63) is 42.2 Å². The Hall–Kier alpha value is -0.700. The van der Waals surface area contributed by atoms with Gasteiger partial charge in [-0.05, 0) is 70.3 Å². The maximum Gasteiger partial charge on any atom is 0.198 e. The van der Waals surface area contributed by atoms with E-state index in [1.54, 1.807) is 22.7 Å². The van der Waals surface area contributed by atoms with Crippen LogP contribution in [0.4, 0.5) is 0 Å². The lowest BCUT2D eigenvalue weighted by Crippen LogP contribution is -2.42. The van der Waals surface area contributed by atoms with Crippen molar-refractivity contribution >= 4 is 66.4 Å². The van der Waals surface area contributed by atoms with Gasteiger partial charge in [-0.2, -0.15) is 4.03 Å². The van der Waals surface area contributed by atoms with Crippen molar-refractivity contribution in [2.24, 2.45) is 10.2 Å². The summed E-state index contributed by atoms with van der Waals surface area (Å²) in [6.07, 6.45) is 23.9. The fraction of sp³-hybridized carbons (Fsp3) is 0.667. The lowest BCUT2D eigenvalue weighted by Gasteiger charge is -2.22. The van der Waals surface area contributed by atoms with E-state index in [2.05, 4.69) is 79.1 Å². The molecule has 0 atom stereocenters. The van der Waals surface area contributed by atoms with Crippen LogP contribution < -0.4 is 5.43 Å². The second kappa shape index (κ2) is 18.6. The van der Waals surface area contributed by atoms with Gasteiger partial charge in [-0.1, -0.05) is 104 Å². The zero-order chi connectivity index (χ0) is 27.0. The van der Waals surface area contributed by atoms with Gasteiger partial charge in [-0.3, -0.25) is 5.43 Å². The molecular formula is C30H46Br2N4S2. The molecule has 0 saturated carbocycles. The normalized spacial score (nSPS) is 13.5. The van der Waals surface area contributed by atoms with Gasteiger partial charge in [-0.15, -0.1) is 32.9 Å². The van der Waals surface area contributed by atoms with Gasteiger partial charge in [0.25, 0.3) is 0 Å². The number of unbranched alkanes of at least 4 members (excludes halogenated alkanes) is 14. The van der Waals surface area contributed by atoms with E-state index in [1.807, 2.05) is 4.03 Å². The average Bonchev–Trinajstić information content (AvgIpc) is 3.54. The second-order valence-electron chi connectivity index (χ2n) is 10.4. The zero-order valence-corrected chi connectivity index (χ0v) is 28.2. The number of hydrogen-bond donors (Lipinski definition) is 1. The topological polar surface area (TPSA) is 40.0 Å². The molecule has 38 heavy (non-hydrogen) atoms. The Bertz CT molecular complexity index is 998. The van der Waals surface area contributed by atoms with Crippen molar-refractivity contribution in [3.63, 3.8) is 0 Å². The smallest absolute Gasteiger partial charge is 0.198 e. The van der Waals surface area contributed by atoms with Crippen LogP contribution in [0.3, 0.4) is 0 Å². The molecule has 2 aromatic rings. The van der Waals surface area contributed by atoms with Gasteiger partial charge in [0.15, 0.2) is 11.7 Å². The van der Waals surface area contributed by atoms with Crippen LogP contribution in [0.2, 0.25) is 0 Å². The first-order valence-corrected chi connectivity index (χ1v) is 18.1. The molecule has 3 heterocycles. The number of amidine groups is 2. The Kier molecular flexibility index (Phi) is 15.6. The molecule has 0 spiro atoms. The first-order valence-electron chi connectivity index (χ1n) is 14.9. The van der Waals surface area contributed by atoms with E-state index in [1.165, 1.54) is 118 Å². The first-order chi connectivity index (χ1) is 18.6. The predicted octanol–water partition coefficient (Wildman–Crippen LogP) is 11.2. The molecule has 0 amide bonds. The van der Waals surface area contributed by atoms with E-state index < -0.39 is 0 Å². The molecule has 212 valence electrons. The lowest BCUT2D eigenvalue weighted by atomic mass is 10.1. The molecule has 0 aliphatic carbocycles. The van der Waals surface area contributed by atoms with Gasteiger partial charge in [0.2, 0.25) is 0 Å². The number of hydrogen-bond acceptors (Lipinski definition) is 6. The van der Waals surface area contributed by atoms with Gasteiger partial charge < -0.3 is 0 Å². The number of nitrogens with zero attached hydrogens (tertiary/aromatic N) is 3. The number of rotatable bonds is 20. The zero-order valence-electron chi connectivity index (χ0n) is 23.4. The molecule has 3 rings (SSSR count). The van der Waals surface area contributed by atoms with Crippen molar-refractivity contribution in [3.8, 4) is 0 Å². The molecule has 0 unspecified atom stereocenters. The van der Waals surface area contributed by atoms with Crippen molar-refractivity contribution in [2.45, 2.75) is 129 Å². The first kappa shape index (κ1) is 31.8. The fourth-order valence-corrected chi connectivity index (χ4v) is 7.96. The highest BCUT2D eigenvalue weighted by Gasteiger charge is 2.22. The van der Waals surface area contributed by atoms with Crippen molar-refractivity contribution in [1.82, 2.24) is 9.46 Å². The highest BCUT2D eigenvalue weighted by Crippen LogP contribution is 2.32. The van der Waals surface area contributed by atoms with Gasteiger partial charge in [0, 0.05) is 0 Å². The Morgan fingerprint density at radius 1 is 0.737 bits per heavy atom. The van der Waals surface area contributed by atoms with Gasteiger partial charge >= 0.3 is 0 Å². The van der Waals surface area contributed by atoms with E-state index in [-0.39, 0.29) is 0 Å². The molecule has 0 radical (unpaired) electrons. The van der Waals surface area contributed by atoms with E-state index in [9.17, 15) is 0 Å². The van der Waals surface area contributed by atoms with Crippen LogP contribution in [-0.4, -0.2) is 15.7 Å². The van der Waals surface area contributed by atoms with Crippen LogP contribution in [0, 0.1) is 0 Å². The van der Waals surface area contributed by atoms with Gasteiger partial charge in [0.1, 0.15) is 0 Å². The highest BCUT2D eigenvalue weighted by atomic mass is 79.9. The summed E-state index contributed by atoms with van der Waals surface area (Å²) in [5, 5.41) is 11.4. The molecule has 2 aromatic heterocycles. The molecule has 0 fully saturated rings. The quantitative estimate of drug-likeness (QED) is 0.111. The lowest BCUT2D eigenvalue weighted by molar-refractivity contribution is 0.575. The van der Waals surface area contributed by atoms with Crippen LogP contribution in [-0.2, 0) is 12.8 Å². The van der Waals surface area contributed by atoms with Crippen LogP contribution in [0.1, 0.15) is 137 Å². The third-order valence-corrected chi connectivity index (χ3v) is 10.6. The minimum absolute atomic E-state index is 0.799. The van der Waals surface area contributed by atoms with E-state index in [0.29, 0.717) is 0 Å². The number of nitrogens with one attached hydrogen (secondary N) is 1. The van der Waals surface area contributed by atoms with E-state index in [4.69, 9.17) is 0 Å². The summed E-state index contributed by atoms with van der Waals surface area (Å²) in [7, 11) is 0. The summed E-state index contributed by atoms with van der Waals surface area (Å²) in [4.78, 5) is 2.25. The molecule has 4 nitrogen and oxygen atoms in total. The van der Waals surface area contributed by atoms with Crippen molar-refractivity contribution < 1.29 is 0 Å². The third kappa shape index (κ3) is 11.1. The number of halogens is 2. The Balaban J connectivity index is 1.44. The molecule has 8 heteroatoms. The Labute approximate surface area is 256 Å². The van der Waals surface area contributed by atoms with E-state index >= 15 is 0 Å². The summed E-state index contributed by atoms with van der Waals surface area (Å²) in [6, 6.07) is 4.53. The molecule has 1 aliphatic heterocycles. The van der Waals surface area contributed by atoms with Crippen LogP contribution >= 0.6 is 54.8 Å². The maximum absolute atomic E-state index is 4.58. The predicted molar refractivity (Wildman–Crippen MR) is 176 cm³/mol. The average molecular weight is 687 g/mol. The minimum Gasteiger partial charge on any atom is -0.267 e. The largest absolute Gasteiger partial charge is 0.267 e. The van der Waals surface area contributed by atoms with Crippen LogP contribution in [0.5, 0.6) is 0 Å². The van der Waals surface area contributed by atoms with E-state index in [0.717, 1.165) is 34.3 Å². The summed E-state index contributed by atoms with van der Waals surface area (Å²) < 4.78 is 3.03. The fourth-order valence-electron chi connectivity index (χ4n) is 4.79. The molecule has 1 N–H and O–H groups in total. The number of hydrazine groups is 1. The molecule has 0 aromatic carbocycles. The second-order valence-corrected chi connectivity index (χ2v) is 14.4. The molecular weight excluding hydrogens is 640 g/mol. The third-order valence-electron chi connectivity index (χ3n) is 7.12. The van der Waals surface area contributed by atoms with Crippen molar-refractivity contribution in [1.29, 1.82) is 0 Å². The number of aryl methyl sites for hydroxylation is 2. The summed E-state index contributed by atoms with van der Waals surface area (Å²) in [5.41, 5.74) is 6.16. The van der Waals surface area contributed by atoms with Gasteiger partial charge in [-0.25, -0.2) is 0 Å². The maximum atomic E-state index is 4.58. The van der Waals surface area contributed by atoms with Crippen molar-refractivity contribution in [2.75, 3.05) is 0 Å². The Morgan fingerprint density at radius 3 is 1.92 bits per heavy atom. The summed E-state index contributed by atoms with van der Waals surface area (Å²) >= 11 is 10.9. The van der Waals surface area contributed by atoms with Crippen LogP contribution in [0.25, 0.3) is 0 Å².